The van der Waals surface area contributed by atoms with E-state index in [1.54, 1.807) is 33.9 Å². The molecule has 682 valence electrons. The van der Waals surface area contributed by atoms with Gasteiger partial charge < -0.3 is 81.9 Å². The summed E-state index contributed by atoms with van der Waals surface area (Å²) < 4.78 is 158. The van der Waals surface area contributed by atoms with E-state index in [1.165, 1.54) is 25.0 Å². The lowest BCUT2D eigenvalue weighted by atomic mass is 9.93. The zero-order chi connectivity index (χ0) is 89.6. The molecule has 4 atom stereocenters. The van der Waals surface area contributed by atoms with Crippen LogP contribution in [0.15, 0.2) is 116 Å². The van der Waals surface area contributed by atoms with Crippen molar-refractivity contribution in [3.05, 3.63) is 139 Å². The molecule has 10 aliphatic heterocycles. The molecule has 0 spiro atoms. The fourth-order valence-electron chi connectivity index (χ4n) is 19.0. The van der Waals surface area contributed by atoms with Crippen LogP contribution in [-0.4, -0.2) is 280 Å². The Morgan fingerprint density at radius 2 is 0.674 bits per heavy atom. The average molecular weight is 1840 g/mol. The summed E-state index contributed by atoms with van der Waals surface area (Å²) in [5.41, 5.74) is 8.80. The largest absolute Gasteiger partial charge is 0.488 e. The van der Waals surface area contributed by atoms with Crippen LogP contribution in [0, 0.1) is 0 Å². The summed E-state index contributed by atoms with van der Waals surface area (Å²) in [6.45, 7) is 17.2. The van der Waals surface area contributed by atoms with Gasteiger partial charge in [0.1, 0.15) is 48.4 Å². The maximum Gasteiger partial charge on any atom is 0.185 e. The van der Waals surface area contributed by atoms with E-state index in [0.717, 1.165) is 85.1 Å². The lowest BCUT2D eigenvalue weighted by Crippen LogP contribution is -2.52. The molecule has 0 amide bonds. The van der Waals surface area contributed by atoms with E-state index in [-0.39, 0.29) is 24.2 Å². The number of aromatic nitrogens is 13. The smallest absolute Gasteiger partial charge is 0.185 e. The number of ether oxygens (including phenoxy) is 10. The molecule has 12 aromatic rings. The van der Waals surface area contributed by atoms with Crippen LogP contribution in [0.2, 0.25) is 0 Å². The molecule has 129 heavy (non-hydrogen) atoms. The third kappa shape index (κ3) is 16.0. The zero-order valence-corrected chi connectivity index (χ0v) is 76.4. The molecule has 35 nitrogen and oxygen atoms in total. The van der Waals surface area contributed by atoms with Crippen LogP contribution in [0.25, 0.3) is 89.2 Å². The van der Waals surface area contributed by atoms with Crippen LogP contribution >= 0.6 is 0 Å². The molecular formula is C90H105N17O18S4. The number of benzene rings is 4. The second-order valence-corrected chi connectivity index (χ2v) is 45.1. The number of H-pyrrole nitrogens is 4. The number of morpholine rings is 4. The van der Waals surface area contributed by atoms with Crippen molar-refractivity contribution in [2.45, 2.75) is 116 Å². The van der Waals surface area contributed by atoms with E-state index >= 15 is 0 Å². The maximum absolute atomic E-state index is 13.4. The number of anilines is 4. The molecule has 18 heterocycles. The molecule has 4 aromatic carbocycles. The molecule has 10 aliphatic rings. The zero-order valence-electron chi connectivity index (χ0n) is 73.2. The number of rotatable bonds is 12. The van der Waals surface area contributed by atoms with Crippen LogP contribution in [-0.2, 0) is 86.8 Å². The Morgan fingerprint density at radius 3 is 1.05 bits per heavy atom. The van der Waals surface area contributed by atoms with E-state index < -0.39 is 58.3 Å². The number of sulfone groups is 4. The van der Waals surface area contributed by atoms with Gasteiger partial charge >= 0.3 is 0 Å². The predicted octanol–water partition coefficient (Wildman–Crippen LogP) is 10.1. The van der Waals surface area contributed by atoms with Crippen LogP contribution in [0.3, 0.4) is 0 Å². The van der Waals surface area contributed by atoms with Gasteiger partial charge in [-0.3, -0.25) is 5.10 Å². The highest BCUT2D eigenvalue weighted by molar-refractivity contribution is 7.92. The number of nitrogens with zero attached hydrogens (tertiary/aromatic N) is 13. The fraction of sp³-hybridized carbons (Fsp3) is 0.478. The summed E-state index contributed by atoms with van der Waals surface area (Å²) in [7, 11) is -14.1. The standard InChI is InChI=1S/2C24H28N4O5S.C22H26N4O4S.C20H23N5O4S/c2*1-34(29,30)24(7-12-31-13-8-24)21-20-23(28-10-14-32-15-16(28)6-11-33-20)27-22(26-21)18-3-2-4-19-17(18)5-9-25-19;1-22(2,31(3,27)28)19-18-21(26-10-12-29-13-14(26)8-11-30-18)25-20(24-19)16-5-4-6-17-15(16)7-9-23-17;1-20(2,30(3,26)27)17-16-19(25-7-8-28-10-12(25)11-29-16)23-18(22-17)13-5-4-6-15-14(13)9-21-24-15/h2*2-5,9,16,25H,6-8,10-15H2,1H3;4-7,9,14,23H,8,10-13H2,1-3H3;4-6,9,12H,7-8,10-11H2,1-3H3,(H,21,24)/t2*16-;14-;12-/m1001/s1. The maximum atomic E-state index is 13.4. The van der Waals surface area contributed by atoms with Crippen molar-refractivity contribution in [1.29, 1.82) is 0 Å². The van der Waals surface area contributed by atoms with Crippen LogP contribution in [0.4, 0.5) is 23.3 Å². The third-order valence-corrected chi connectivity index (χ3v) is 35.1. The van der Waals surface area contributed by atoms with Crippen molar-refractivity contribution in [3.63, 3.8) is 0 Å². The van der Waals surface area contributed by atoms with Gasteiger partial charge in [0.2, 0.25) is 0 Å². The molecule has 0 unspecified atom stereocenters. The normalized spacial score (nSPS) is 21.0. The molecule has 0 bridgehead atoms. The molecule has 0 radical (unpaired) electrons. The van der Waals surface area contributed by atoms with Gasteiger partial charge in [0.15, 0.2) is 109 Å². The van der Waals surface area contributed by atoms with E-state index in [1.807, 2.05) is 110 Å². The van der Waals surface area contributed by atoms with Crippen molar-refractivity contribution in [2.75, 3.05) is 177 Å². The Hall–Kier alpha value is -10.8. The summed E-state index contributed by atoms with van der Waals surface area (Å²) in [5, 5.41) is 10.9. The van der Waals surface area contributed by atoms with Crippen molar-refractivity contribution in [1.82, 2.24) is 65.0 Å². The van der Waals surface area contributed by atoms with Crippen LogP contribution in [0.5, 0.6) is 23.0 Å². The first-order chi connectivity index (χ1) is 62.0. The molecule has 0 aliphatic carbocycles. The van der Waals surface area contributed by atoms with Gasteiger partial charge in [0, 0.05) is 176 Å². The average Bonchev–Trinajstić information content (AvgIpc) is 1.66. The molecule has 22 rings (SSSR count). The monoisotopic (exact) mass is 1840 g/mol. The Balaban J connectivity index is 0.000000112. The highest BCUT2D eigenvalue weighted by Gasteiger charge is 2.53. The number of hydrogen-bond donors (Lipinski definition) is 4. The summed E-state index contributed by atoms with van der Waals surface area (Å²) >= 11 is 0. The van der Waals surface area contributed by atoms with E-state index in [4.69, 9.17) is 87.2 Å². The predicted molar refractivity (Wildman–Crippen MR) is 488 cm³/mol. The van der Waals surface area contributed by atoms with Gasteiger partial charge in [-0.15, -0.1) is 0 Å². The van der Waals surface area contributed by atoms with Gasteiger partial charge in [0.25, 0.3) is 0 Å². The molecule has 0 saturated carbocycles. The van der Waals surface area contributed by atoms with Gasteiger partial charge in [-0.2, -0.15) is 5.10 Å². The second kappa shape index (κ2) is 34.5. The molecule has 39 heteroatoms. The van der Waals surface area contributed by atoms with E-state index in [9.17, 15) is 33.7 Å². The summed E-state index contributed by atoms with van der Waals surface area (Å²) in [6.07, 6.45) is 16.1. The summed E-state index contributed by atoms with van der Waals surface area (Å²) in [5.74, 6) is 6.41. The molecular weight excluding hydrogens is 1740 g/mol. The third-order valence-electron chi connectivity index (χ3n) is 27.0. The lowest BCUT2D eigenvalue weighted by Gasteiger charge is -2.41. The summed E-state index contributed by atoms with van der Waals surface area (Å²) in [6, 6.07) is 29.9. The molecule has 8 aromatic heterocycles. The SMILES string of the molecule is CC(C)(c1nc(-c2cccc3[nH]ccc23)nc2c1OCC[C@H]1COCCN21)S(C)(=O)=O.CC(C)(c1nc(-c2cccc3[nH]ncc23)nc2c1OC[C@H]1COCCN21)S(C)(=O)=O.CS(=O)(=O)C1(c2nc(-c3cccc4[nH]ccc34)nc3c2OCC[C@@H]2COCCN32)CCOCC1.CS(=O)(=O)C1(c2nc(-c3cccc4[nH]ccc34)nc3c2OCC[C@H]2COCCN32)CCOCC1. The minimum absolute atomic E-state index is 0.0351. The van der Waals surface area contributed by atoms with Crippen LogP contribution in [0.1, 0.15) is 95.4 Å². The molecule has 4 N–H and O–H groups in total. The second-order valence-electron chi connectivity index (χ2n) is 35.3. The van der Waals surface area contributed by atoms with Crippen molar-refractivity contribution >= 4 is 106 Å². The molecule has 6 fully saturated rings. The van der Waals surface area contributed by atoms with E-state index in [0.29, 0.717) is 250 Å². The minimum Gasteiger partial charge on any atom is -0.488 e. The Labute approximate surface area is 747 Å². The Morgan fingerprint density at radius 1 is 0.349 bits per heavy atom. The Bertz CT molecular complexity index is 6550. The number of hydrogen-bond acceptors (Lipinski definition) is 31. The number of aromatic amines is 4. The van der Waals surface area contributed by atoms with Gasteiger partial charge in [-0.25, -0.2) is 73.5 Å². The summed E-state index contributed by atoms with van der Waals surface area (Å²) in [4.78, 5) is 57.8. The Kier molecular flexibility index (Phi) is 23.4. The van der Waals surface area contributed by atoms with Crippen molar-refractivity contribution in [2.24, 2.45) is 0 Å². The topological polar surface area (TPSA) is 421 Å². The molecule has 6 saturated heterocycles. The first-order valence-electron chi connectivity index (χ1n) is 43.6. The van der Waals surface area contributed by atoms with Crippen molar-refractivity contribution < 1.29 is 81.0 Å². The van der Waals surface area contributed by atoms with Crippen molar-refractivity contribution in [3.8, 4) is 68.5 Å². The number of nitrogens with one attached hydrogen (secondary N) is 4. The van der Waals surface area contributed by atoms with Gasteiger partial charge in [-0.05, 0) is 95.8 Å². The number of fused-ring (bicyclic) bond motifs is 16. The first kappa shape index (κ1) is 87.6. The minimum atomic E-state index is -3.55. The lowest BCUT2D eigenvalue weighted by molar-refractivity contribution is 0.0691. The first-order valence-corrected chi connectivity index (χ1v) is 51.2. The highest BCUT2D eigenvalue weighted by Crippen LogP contribution is 2.53. The fourth-order valence-corrected chi connectivity index (χ4v) is 22.7. The quantitative estimate of drug-likeness (QED) is 0.0883. The van der Waals surface area contributed by atoms with Crippen LogP contribution < -0.4 is 38.5 Å². The van der Waals surface area contributed by atoms with Gasteiger partial charge in [-0.1, -0.05) is 48.5 Å². The highest BCUT2D eigenvalue weighted by atomic mass is 32.2. The van der Waals surface area contributed by atoms with E-state index in [2.05, 4.69) is 44.7 Å². The van der Waals surface area contributed by atoms with Gasteiger partial charge in [0.05, 0.1) is 109 Å².